The van der Waals surface area contributed by atoms with Crippen molar-refractivity contribution in [3.05, 3.63) is 29.3 Å². The van der Waals surface area contributed by atoms with Crippen molar-refractivity contribution >= 4 is 18.3 Å². The highest BCUT2D eigenvalue weighted by atomic mass is 32.2. The molecule has 148 valence electrons. The van der Waals surface area contributed by atoms with Crippen molar-refractivity contribution in [2.75, 3.05) is 27.3 Å². The van der Waals surface area contributed by atoms with Gasteiger partial charge < -0.3 is 9.16 Å². The Kier molecular flexibility index (Phi) is 6.40. The summed E-state index contributed by atoms with van der Waals surface area (Å²) in [4.78, 5) is 0.347. The van der Waals surface area contributed by atoms with Gasteiger partial charge in [0.25, 0.3) is 0 Å². The molecule has 0 aromatic heterocycles. The first kappa shape index (κ1) is 21.6. The average molecular weight is 400 g/mol. The molecule has 1 aliphatic heterocycles. The first-order valence-electron chi connectivity index (χ1n) is 9.17. The number of ether oxygens (including phenoxy) is 1. The SMILES string of the molecule is CN(C)S(=O)(=O)c1ccc2c(c1)CCO[C@H]2CCO[Si](C)(C)C(C)(C)C. The summed E-state index contributed by atoms with van der Waals surface area (Å²) < 4.78 is 38.2. The van der Waals surface area contributed by atoms with Gasteiger partial charge in [-0.3, -0.25) is 0 Å². The Labute approximate surface area is 159 Å². The van der Waals surface area contributed by atoms with E-state index < -0.39 is 18.3 Å². The molecule has 1 atom stereocenters. The fraction of sp³-hybridized carbons (Fsp3) is 0.684. The molecule has 0 aliphatic carbocycles. The summed E-state index contributed by atoms with van der Waals surface area (Å²) in [5.41, 5.74) is 2.16. The highest BCUT2D eigenvalue weighted by molar-refractivity contribution is 7.89. The summed E-state index contributed by atoms with van der Waals surface area (Å²) in [6.45, 7) is 12.5. The lowest BCUT2D eigenvalue weighted by Crippen LogP contribution is -2.41. The summed E-state index contributed by atoms with van der Waals surface area (Å²) >= 11 is 0. The number of fused-ring (bicyclic) bond motifs is 1. The van der Waals surface area contributed by atoms with E-state index in [9.17, 15) is 8.42 Å². The minimum Gasteiger partial charge on any atom is -0.417 e. The second-order valence-corrected chi connectivity index (χ2v) is 15.6. The largest absolute Gasteiger partial charge is 0.417 e. The van der Waals surface area contributed by atoms with Gasteiger partial charge in [0.1, 0.15) is 0 Å². The molecular weight excluding hydrogens is 366 g/mol. The number of rotatable bonds is 6. The predicted octanol–water partition coefficient (Wildman–Crippen LogP) is 3.96. The first-order chi connectivity index (χ1) is 11.9. The fourth-order valence-electron chi connectivity index (χ4n) is 2.76. The monoisotopic (exact) mass is 399 g/mol. The highest BCUT2D eigenvalue weighted by Crippen LogP contribution is 2.37. The Hall–Kier alpha value is -0.733. The average Bonchev–Trinajstić information content (AvgIpc) is 2.53. The molecule has 0 radical (unpaired) electrons. The van der Waals surface area contributed by atoms with Gasteiger partial charge in [0.05, 0.1) is 17.6 Å². The maximum atomic E-state index is 12.4. The Balaban J connectivity index is 2.12. The quantitative estimate of drug-likeness (QED) is 0.679. The van der Waals surface area contributed by atoms with Crippen molar-refractivity contribution in [2.45, 2.75) is 62.7 Å². The van der Waals surface area contributed by atoms with Crippen LogP contribution >= 0.6 is 0 Å². The molecule has 7 heteroatoms. The molecule has 5 nitrogen and oxygen atoms in total. The molecule has 26 heavy (non-hydrogen) atoms. The van der Waals surface area contributed by atoms with Gasteiger partial charge in [-0.2, -0.15) is 0 Å². The maximum absolute atomic E-state index is 12.4. The molecule has 0 spiro atoms. The van der Waals surface area contributed by atoms with E-state index >= 15 is 0 Å². The highest BCUT2D eigenvalue weighted by Gasteiger charge is 2.37. The summed E-state index contributed by atoms with van der Waals surface area (Å²) in [5.74, 6) is 0. The van der Waals surface area contributed by atoms with Crippen LogP contribution in [-0.4, -0.2) is 48.3 Å². The van der Waals surface area contributed by atoms with Crippen molar-refractivity contribution in [3.8, 4) is 0 Å². The second-order valence-electron chi connectivity index (χ2n) is 8.65. The Morgan fingerprint density at radius 2 is 1.92 bits per heavy atom. The van der Waals surface area contributed by atoms with Crippen molar-refractivity contribution in [3.63, 3.8) is 0 Å². The van der Waals surface area contributed by atoms with Gasteiger partial charge in [-0.15, -0.1) is 0 Å². The Morgan fingerprint density at radius 3 is 2.50 bits per heavy atom. The fourth-order valence-corrected chi connectivity index (χ4v) is 4.78. The van der Waals surface area contributed by atoms with Gasteiger partial charge in [0.15, 0.2) is 8.32 Å². The molecule has 1 aromatic carbocycles. The Bertz CT molecular complexity index is 738. The standard InChI is InChI=1S/C19H33NO4SSi/c1-19(2,3)26(6,7)24-13-11-18-17-9-8-16(25(21,22)20(4)5)14-15(17)10-12-23-18/h8-9,14,18H,10-13H2,1-7H3/t18-/m0/s1. The van der Waals surface area contributed by atoms with Crippen LogP contribution in [-0.2, 0) is 25.6 Å². The lowest BCUT2D eigenvalue weighted by molar-refractivity contribution is 0.0263. The van der Waals surface area contributed by atoms with Gasteiger partial charge >= 0.3 is 0 Å². The molecule has 0 N–H and O–H groups in total. The van der Waals surface area contributed by atoms with Gasteiger partial charge in [-0.25, -0.2) is 12.7 Å². The van der Waals surface area contributed by atoms with Crippen LogP contribution in [0.25, 0.3) is 0 Å². The molecular formula is C19H33NO4SSi. The molecule has 1 aliphatic rings. The molecule has 1 aromatic rings. The van der Waals surface area contributed by atoms with Crippen LogP contribution in [0.4, 0.5) is 0 Å². The summed E-state index contributed by atoms with van der Waals surface area (Å²) in [6.07, 6.45) is 1.50. The van der Waals surface area contributed by atoms with Crippen molar-refractivity contribution in [1.29, 1.82) is 0 Å². The third kappa shape index (κ3) is 4.57. The van der Waals surface area contributed by atoms with Gasteiger partial charge in [0.2, 0.25) is 10.0 Å². The van der Waals surface area contributed by atoms with Crippen LogP contribution in [0.2, 0.25) is 18.1 Å². The van der Waals surface area contributed by atoms with Crippen molar-refractivity contribution in [2.24, 2.45) is 0 Å². The van der Waals surface area contributed by atoms with Crippen LogP contribution < -0.4 is 0 Å². The predicted molar refractivity (Wildman–Crippen MR) is 107 cm³/mol. The lowest BCUT2D eigenvalue weighted by Gasteiger charge is -2.37. The van der Waals surface area contributed by atoms with Crippen LogP contribution in [0.3, 0.4) is 0 Å². The molecule has 2 rings (SSSR count). The van der Waals surface area contributed by atoms with Gasteiger partial charge in [-0.1, -0.05) is 26.8 Å². The topological polar surface area (TPSA) is 55.8 Å². The lowest BCUT2D eigenvalue weighted by atomic mass is 9.96. The third-order valence-corrected chi connectivity index (χ3v) is 11.9. The molecule has 0 amide bonds. The minimum atomic E-state index is -3.41. The minimum absolute atomic E-state index is 0.0281. The van der Waals surface area contributed by atoms with E-state index in [1.165, 1.54) is 4.31 Å². The summed E-state index contributed by atoms with van der Waals surface area (Å²) in [5, 5.41) is 0.188. The zero-order valence-corrected chi connectivity index (χ0v) is 18.9. The van der Waals surface area contributed by atoms with Crippen molar-refractivity contribution in [1.82, 2.24) is 4.31 Å². The molecule has 1 heterocycles. The van der Waals surface area contributed by atoms with E-state index in [2.05, 4.69) is 33.9 Å². The van der Waals surface area contributed by atoms with E-state index in [1.807, 2.05) is 6.07 Å². The number of sulfonamides is 1. The van der Waals surface area contributed by atoms with E-state index in [-0.39, 0.29) is 11.1 Å². The number of nitrogens with zero attached hydrogens (tertiary/aromatic N) is 1. The van der Waals surface area contributed by atoms with Crippen LogP contribution in [0.1, 0.15) is 44.4 Å². The Morgan fingerprint density at radius 1 is 1.27 bits per heavy atom. The molecule has 0 saturated heterocycles. The van der Waals surface area contributed by atoms with Crippen LogP contribution in [0.5, 0.6) is 0 Å². The molecule has 0 unspecified atom stereocenters. The van der Waals surface area contributed by atoms with Gasteiger partial charge in [0, 0.05) is 20.7 Å². The second kappa shape index (κ2) is 7.71. The maximum Gasteiger partial charge on any atom is 0.242 e. The number of hydrogen-bond donors (Lipinski definition) is 0. The van der Waals surface area contributed by atoms with E-state index in [0.717, 1.165) is 24.0 Å². The first-order valence-corrected chi connectivity index (χ1v) is 13.5. The number of benzene rings is 1. The van der Waals surface area contributed by atoms with E-state index in [0.29, 0.717) is 18.1 Å². The normalized spacial score (nSPS) is 18.8. The van der Waals surface area contributed by atoms with Crippen LogP contribution in [0, 0.1) is 0 Å². The number of hydrogen-bond acceptors (Lipinski definition) is 4. The smallest absolute Gasteiger partial charge is 0.242 e. The summed E-state index contributed by atoms with van der Waals surface area (Å²) in [6, 6.07) is 5.39. The molecule has 0 saturated carbocycles. The zero-order valence-electron chi connectivity index (χ0n) is 17.1. The van der Waals surface area contributed by atoms with Crippen molar-refractivity contribution < 1.29 is 17.6 Å². The molecule has 0 bridgehead atoms. The summed E-state index contributed by atoms with van der Waals surface area (Å²) in [7, 11) is -2.07. The van der Waals surface area contributed by atoms with Gasteiger partial charge in [-0.05, 0) is 54.2 Å². The van der Waals surface area contributed by atoms with Crippen LogP contribution in [0.15, 0.2) is 23.1 Å². The van der Waals surface area contributed by atoms with E-state index in [4.69, 9.17) is 9.16 Å². The van der Waals surface area contributed by atoms with E-state index in [1.54, 1.807) is 26.2 Å². The zero-order chi connectivity index (χ0) is 19.8. The third-order valence-electron chi connectivity index (χ3n) is 5.58. The molecule has 0 fully saturated rings.